The lowest BCUT2D eigenvalue weighted by atomic mass is 10.2. The van der Waals surface area contributed by atoms with Gasteiger partial charge in [-0.1, -0.05) is 15.9 Å². The van der Waals surface area contributed by atoms with Gasteiger partial charge in [0.1, 0.15) is 0 Å². The van der Waals surface area contributed by atoms with E-state index in [2.05, 4.69) is 26.0 Å². The Bertz CT molecular complexity index is 447. The molecule has 5 heteroatoms. The molecule has 2 rings (SSSR count). The van der Waals surface area contributed by atoms with Crippen LogP contribution in [-0.4, -0.2) is 14.8 Å². The molecule has 14 heavy (non-hydrogen) atoms. The molecule has 2 aromatic rings. The van der Waals surface area contributed by atoms with Crippen molar-refractivity contribution in [3.8, 4) is 11.3 Å². The minimum absolute atomic E-state index is 0.688. The number of hydrogen-bond donors (Lipinski definition) is 0. The summed E-state index contributed by atoms with van der Waals surface area (Å²) < 4.78 is 7.11. The lowest BCUT2D eigenvalue weighted by molar-refractivity contribution is 0.571. The Morgan fingerprint density at radius 1 is 1.57 bits per heavy atom. The zero-order chi connectivity index (χ0) is 10.1. The first-order valence-electron chi connectivity index (χ1n) is 4.21. The van der Waals surface area contributed by atoms with Gasteiger partial charge in [0.2, 0.25) is 0 Å². The molecule has 2 heterocycles. The maximum atomic E-state index is 5.34. The standard InChI is InChI=1S/C9H10BrN3O/c1-6-7(4-13(2)12-6)9-8(3-10)11-5-14-9/h4-5H,3H2,1-2H3. The monoisotopic (exact) mass is 255 g/mol. The lowest BCUT2D eigenvalue weighted by Crippen LogP contribution is -1.86. The first-order chi connectivity index (χ1) is 6.72. The molecule has 0 fully saturated rings. The van der Waals surface area contributed by atoms with Crippen LogP contribution in [0, 0.1) is 6.92 Å². The number of rotatable bonds is 2. The number of nitrogens with zero attached hydrogens (tertiary/aromatic N) is 3. The van der Waals surface area contributed by atoms with Gasteiger partial charge in [-0.15, -0.1) is 0 Å². The summed E-state index contributed by atoms with van der Waals surface area (Å²) in [5.41, 5.74) is 2.85. The summed E-state index contributed by atoms with van der Waals surface area (Å²) in [5.74, 6) is 0.799. The summed E-state index contributed by atoms with van der Waals surface area (Å²) in [6, 6.07) is 0. The molecule has 0 N–H and O–H groups in total. The van der Waals surface area contributed by atoms with E-state index in [0.29, 0.717) is 5.33 Å². The second-order valence-corrected chi connectivity index (χ2v) is 3.62. The van der Waals surface area contributed by atoms with Crippen LogP contribution in [0.15, 0.2) is 17.0 Å². The second-order valence-electron chi connectivity index (χ2n) is 3.06. The highest BCUT2D eigenvalue weighted by Gasteiger charge is 2.14. The summed E-state index contributed by atoms with van der Waals surface area (Å²) >= 11 is 3.37. The third kappa shape index (κ3) is 1.48. The van der Waals surface area contributed by atoms with Crippen LogP contribution in [0.1, 0.15) is 11.4 Å². The van der Waals surface area contributed by atoms with Crippen molar-refractivity contribution in [1.29, 1.82) is 0 Å². The maximum Gasteiger partial charge on any atom is 0.181 e. The fourth-order valence-corrected chi connectivity index (χ4v) is 1.81. The van der Waals surface area contributed by atoms with Gasteiger partial charge in [0.25, 0.3) is 0 Å². The van der Waals surface area contributed by atoms with Gasteiger partial charge < -0.3 is 4.42 Å². The number of aryl methyl sites for hydroxylation is 2. The Balaban J connectivity index is 2.53. The van der Waals surface area contributed by atoms with Crippen molar-refractivity contribution in [2.45, 2.75) is 12.3 Å². The van der Waals surface area contributed by atoms with Crippen LogP contribution >= 0.6 is 15.9 Å². The van der Waals surface area contributed by atoms with Gasteiger partial charge in [0.15, 0.2) is 12.2 Å². The van der Waals surface area contributed by atoms with Crippen molar-refractivity contribution < 1.29 is 4.42 Å². The minimum atomic E-state index is 0.688. The molecule has 2 aromatic heterocycles. The molecule has 0 aliphatic carbocycles. The van der Waals surface area contributed by atoms with Crippen LogP contribution in [0.4, 0.5) is 0 Å². The van der Waals surface area contributed by atoms with Crippen molar-refractivity contribution >= 4 is 15.9 Å². The van der Waals surface area contributed by atoms with Gasteiger partial charge in [-0.2, -0.15) is 5.10 Å². The Hall–Kier alpha value is -1.10. The number of hydrogen-bond acceptors (Lipinski definition) is 3. The molecule has 0 saturated carbocycles. The average Bonchev–Trinajstić information content (AvgIpc) is 2.71. The number of oxazole rings is 1. The van der Waals surface area contributed by atoms with Gasteiger partial charge in [-0.3, -0.25) is 4.68 Å². The summed E-state index contributed by atoms with van der Waals surface area (Å²) in [5, 5.41) is 4.94. The van der Waals surface area contributed by atoms with Crippen molar-refractivity contribution in [3.63, 3.8) is 0 Å². The molecular formula is C9H10BrN3O. The largest absolute Gasteiger partial charge is 0.443 e. The summed E-state index contributed by atoms with van der Waals surface area (Å²) in [6.45, 7) is 1.95. The minimum Gasteiger partial charge on any atom is -0.443 e. The first-order valence-corrected chi connectivity index (χ1v) is 5.33. The number of aromatic nitrogens is 3. The molecule has 4 nitrogen and oxygen atoms in total. The van der Waals surface area contributed by atoms with E-state index in [1.807, 2.05) is 20.2 Å². The van der Waals surface area contributed by atoms with Gasteiger partial charge in [0.05, 0.1) is 17.0 Å². The van der Waals surface area contributed by atoms with Gasteiger partial charge in [0, 0.05) is 18.6 Å². The zero-order valence-electron chi connectivity index (χ0n) is 7.99. The normalized spacial score (nSPS) is 10.8. The zero-order valence-corrected chi connectivity index (χ0v) is 9.58. The molecule has 0 aliphatic heterocycles. The highest BCUT2D eigenvalue weighted by atomic mass is 79.9. The number of alkyl halides is 1. The van der Waals surface area contributed by atoms with Gasteiger partial charge in [-0.05, 0) is 6.92 Å². The maximum absolute atomic E-state index is 5.34. The fourth-order valence-electron chi connectivity index (χ4n) is 1.41. The van der Waals surface area contributed by atoms with E-state index in [9.17, 15) is 0 Å². The van der Waals surface area contributed by atoms with E-state index < -0.39 is 0 Å². The molecule has 0 aromatic carbocycles. The van der Waals surface area contributed by atoms with Crippen molar-refractivity contribution in [1.82, 2.24) is 14.8 Å². The number of halogens is 1. The highest BCUT2D eigenvalue weighted by Crippen LogP contribution is 2.26. The van der Waals surface area contributed by atoms with E-state index >= 15 is 0 Å². The molecule has 0 amide bonds. The Labute approximate surface area is 90.1 Å². The van der Waals surface area contributed by atoms with E-state index in [-0.39, 0.29) is 0 Å². The van der Waals surface area contributed by atoms with Crippen LogP contribution in [0.5, 0.6) is 0 Å². The molecule has 0 aliphatic rings. The topological polar surface area (TPSA) is 43.9 Å². The molecule has 0 saturated heterocycles. The smallest absolute Gasteiger partial charge is 0.181 e. The first kappa shape index (κ1) is 9.45. The molecule has 0 atom stereocenters. The summed E-state index contributed by atoms with van der Waals surface area (Å²) in [6.07, 6.45) is 3.39. The van der Waals surface area contributed by atoms with Crippen LogP contribution < -0.4 is 0 Å². The van der Waals surface area contributed by atoms with Gasteiger partial charge >= 0.3 is 0 Å². The van der Waals surface area contributed by atoms with E-state index in [0.717, 1.165) is 22.7 Å². The van der Waals surface area contributed by atoms with Crippen molar-refractivity contribution in [2.24, 2.45) is 7.05 Å². The predicted octanol–water partition coefficient (Wildman–Crippen LogP) is 2.28. The fraction of sp³-hybridized carbons (Fsp3) is 0.333. The quantitative estimate of drug-likeness (QED) is 0.774. The van der Waals surface area contributed by atoms with Crippen LogP contribution in [-0.2, 0) is 12.4 Å². The molecule has 0 unspecified atom stereocenters. The summed E-state index contributed by atoms with van der Waals surface area (Å²) in [4.78, 5) is 4.11. The Kier molecular flexibility index (Phi) is 2.41. The van der Waals surface area contributed by atoms with Crippen molar-refractivity contribution in [2.75, 3.05) is 0 Å². The highest BCUT2D eigenvalue weighted by molar-refractivity contribution is 9.08. The van der Waals surface area contributed by atoms with E-state index in [4.69, 9.17) is 4.42 Å². The molecular weight excluding hydrogens is 246 g/mol. The van der Waals surface area contributed by atoms with E-state index in [1.165, 1.54) is 6.39 Å². The predicted molar refractivity (Wildman–Crippen MR) is 56.1 cm³/mol. The Morgan fingerprint density at radius 2 is 2.36 bits per heavy atom. The SMILES string of the molecule is Cc1nn(C)cc1-c1ocnc1CBr. The third-order valence-corrected chi connectivity index (χ3v) is 2.56. The van der Waals surface area contributed by atoms with Crippen LogP contribution in [0.2, 0.25) is 0 Å². The average molecular weight is 256 g/mol. The lowest BCUT2D eigenvalue weighted by Gasteiger charge is -1.94. The molecule has 0 radical (unpaired) electrons. The van der Waals surface area contributed by atoms with Crippen molar-refractivity contribution in [3.05, 3.63) is 24.0 Å². The second kappa shape index (κ2) is 3.57. The summed E-state index contributed by atoms with van der Waals surface area (Å²) in [7, 11) is 1.89. The van der Waals surface area contributed by atoms with Gasteiger partial charge in [-0.25, -0.2) is 4.98 Å². The van der Waals surface area contributed by atoms with E-state index in [1.54, 1.807) is 4.68 Å². The van der Waals surface area contributed by atoms with Crippen LogP contribution in [0.25, 0.3) is 11.3 Å². The Morgan fingerprint density at radius 3 is 2.93 bits per heavy atom. The van der Waals surface area contributed by atoms with Crippen LogP contribution in [0.3, 0.4) is 0 Å². The third-order valence-electron chi connectivity index (χ3n) is 2.03. The molecule has 0 bridgehead atoms. The molecule has 74 valence electrons. The molecule has 0 spiro atoms.